The van der Waals surface area contributed by atoms with E-state index in [-0.39, 0.29) is 6.54 Å². The Kier molecular flexibility index (Phi) is 7.71. The van der Waals surface area contributed by atoms with Gasteiger partial charge in [-0.15, -0.1) is 0 Å². The van der Waals surface area contributed by atoms with Crippen molar-refractivity contribution in [2.45, 2.75) is 26.4 Å². The Labute approximate surface area is 135 Å². The number of nitrogens with one attached hydrogen (secondary N) is 2. The summed E-state index contributed by atoms with van der Waals surface area (Å²) in [5, 5.41) is 5.71. The van der Waals surface area contributed by atoms with Gasteiger partial charge in [0.1, 0.15) is 0 Å². The predicted octanol–water partition coefficient (Wildman–Crippen LogP) is 2.94. The lowest BCUT2D eigenvalue weighted by molar-refractivity contribution is -0.132. The van der Waals surface area contributed by atoms with Gasteiger partial charge in [0.05, 0.1) is 6.42 Å². The Bertz CT molecular complexity index is 500. The molecular weight excluding hydrogens is 305 g/mol. The number of anilines is 1. The van der Waals surface area contributed by atoms with E-state index in [1.807, 2.05) is 12.1 Å². The molecule has 0 aliphatic heterocycles. The van der Waals surface area contributed by atoms with Crippen molar-refractivity contribution in [1.29, 1.82) is 0 Å². The van der Waals surface area contributed by atoms with Gasteiger partial charge in [-0.3, -0.25) is 4.99 Å². The van der Waals surface area contributed by atoms with Gasteiger partial charge in [-0.25, -0.2) is 0 Å². The maximum absolute atomic E-state index is 12.1. The molecule has 1 rings (SSSR count). The van der Waals surface area contributed by atoms with Crippen LogP contribution in [-0.2, 0) is 0 Å². The van der Waals surface area contributed by atoms with Crippen LogP contribution in [0.4, 0.5) is 18.9 Å². The Hall–Kier alpha value is -1.92. The number of aryl methyl sites for hydroxylation is 1. The quantitative estimate of drug-likeness (QED) is 0.596. The second-order valence-electron chi connectivity index (χ2n) is 5.16. The van der Waals surface area contributed by atoms with E-state index < -0.39 is 12.6 Å². The number of rotatable bonds is 7. The van der Waals surface area contributed by atoms with Crippen LogP contribution in [0.2, 0.25) is 0 Å². The van der Waals surface area contributed by atoms with Gasteiger partial charge in [-0.1, -0.05) is 18.2 Å². The third-order valence-electron chi connectivity index (χ3n) is 3.44. The van der Waals surface area contributed by atoms with Gasteiger partial charge in [-0.05, 0) is 25.5 Å². The van der Waals surface area contributed by atoms with Crippen LogP contribution >= 0.6 is 0 Å². The number of aliphatic imine (C=N–C) groups is 1. The smallest absolute Gasteiger partial charge is 0.370 e. The highest BCUT2D eigenvalue weighted by atomic mass is 19.4. The maximum Gasteiger partial charge on any atom is 0.390 e. The average molecular weight is 330 g/mol. The maximum atomic E-state index is 12.1. The predicted molar refractivity (Wildman–Crippen MR) is 89.1 cm³/mol. The van der Waals surface area contributed by atoms with Gasteiger partial charge in [0.25, 0.3) is 0 Å². The second-order valence-corrected chi connectivity index (χ2v) is 5.16. The highest BCUT2D eigenvalue weighted by molar-refractivity contribution is 5.79. The summed E-state index contributed by atoms with van der Waals surface area (Å²) in [6.45, 7) is 6.13. The third kappa shape index (κ3) is 7.25. The Balaban J connectivity index is 2.42. The highest BCUT2D eigenvalue weighted by Gasteiger charge is 2.26. The number of halogens is 3. The lowest BCUT2D eigenvalue weighted by Gasteiger charge is -2.25. The lowest BCUT2D eigenvalue weighted by Crippen LogP contribution is -2.42. The minimum atomic E-state index is -4.16. The van der Waals surface area contributed by atoms with Gasteiger partial charge in [0.2, 0.25) is 0 Å². The molecule has 0 fully saturated rings. The molecule has 0 saturated carbocycles. The Morgan fingerprint density at radius 2 is 1.83 bits per heavy atom. The van der Waals surface area contributed by atoms with Crippen molar-refractivity contribution in [2.75, 3.05) is 38.1 Å². The van der Waals surface area contributed by atoms with Gasteiger partial charge < -0.3 is 15.5 Å². The number of hydrogen-bond acceptors (Lipinski definition) is 2. The van der Waals surface area contributed by atoms with Crippen LogP contribution in [-0.4, -0.2) is 45.4 Å². The number of likely N-dealkylation sites (N-methyl/N-ethyl adjacent to an activating group) is 1. The summed E-state index contributed by atoms with van der Waals surface area (Å²) >= 11 is 0. The molecule has 0 atom stereocenters. The fourth-order valence-corrected chi connectivity index (χ4v) is 2.22. The van der Waals surface area contributed by atoms with Crippen LogP contribution in [0.3, 0.4) is 0 Å². The van der Waals surface area contributed by atoms with Crippen molar-refractivity contribution in [2.24, 2.45) is 4.99 Å². The molecule has 0 amide bonds. The molecule has 130 valence electrons. The number of alkyl halides is 3. The molecule has 1 aromatic carbocycles. The standard InChI is InChI=1S/C16H25F3N4/c1-4-23(14-8-6-5-7-13(14)2)12-11-22-15(20-3)21-10-9-16(17,18)19/h5-8H,4,9-12H2,1-3H3,(H2,20,21,22). The molecule has 2 N–H and O–H groups in total. The molecule has 1 aromatic rings. The molecule has 23 heavy (non-hydrogen) atoms. The van der Waals surface area contributed by atoms with Crippen molar-refractivity contribution < 1.29 is 13.2 Å². The molecule has 0 spiro atoms. The minimum Gasteiger partial charge on any atom is -0.370 e. The number of nitrogens with zero attached hydrogens (tertiary/aromatic N) is 2. The van der Waals surface area contributed by atoms with Gasteiger partial charge in [0.15, 0.2) is 5.96 Å². The monoisotopic (exact) mass is 330 g/mol. The summed E-state index contributed by atoms with van der Waals surface area (Å²) in [6.07, 6.45) is -5.03. The van der Waals surface area contributed by atoms with E-state index in [4.69, 9.17) is 0 Å². The van der Waals surface area contributed by atoms with E-state index in [1.165, 1.54) is 5.56 Å². The highest BCUT2D eigenvalue weighted by Crippen LogP contribution is 2.19. The first-order valence-electron chi connectivity index (χ1n) is 7.69. The number of benzene rings is 1. The molecule has 0 unspecified atom stereocenters. The molecule has 0 aromatic heterocycles. The summed E-state index contributed by atoms with van der Waals surface area (Å²) in [7, 11) is 1.54. The molecule has 0 heterocycles. The molecule has 7 heteroatoms. The zero-order chi connectivity index (χ0) is 17.3. The largest absolute Gasteiger partial charge is 0.390 e. The Morgan fingerprint density at radius 1 is 1.17 bits per heavy atom. The van der Waals surface area contributed by atoms with Crippen LogP contribution in [0.1, 0.15) is 18.9 Å². The van der Waals surface area contributed by atoms with Gasteiger partial charge >= 0.3 is 6.18 Å². The third-order valence-corrected chi connectivity index (χ3v) is 3.44. The summed E-state index contributed by atoms with van der Waals surface area (Å²) in [4.78, 5) is 6.14. The van der Waals surface area contributed by atoms with Crippen LogP contribution in [0.25, 0.3) is 0 Å². The van der Waals surface area contributed by atoms with E-state index >= 15 is 0 Å². The molecule has 4 nitrogen and oxygen atoms in total. The molecule has 0 aliphatic carbocycles. The molecule has 0 bridgehead atoms. The van der Waals surface area contributed by atoms with E-state index in [1.54, 1.807) is 7.05 Å². The SMILES string of the molecule is CCN(CCNC(=NC)NCCC(F)(F)F)c1ccccc1C. The van der Waals surface area contributed by atoms with Crippen LogP contribution < -0.4 is 15.5 Å². The van der Waals surface area contributed by atoms with E-state index in [0.717, 1.165) is 18.8 Å². The summed E-state index contributed by atoms with van der Waals surface area (Å²) in [5.74, 6) is 0.384. The number of hydrogen-bond donors (Lipinski definition) is 2. The fourth-order valence-electron chi connectivity index (χ4n) is 2.22. The van der Waals surface area contributed by atoms with Gasteiger partial charge in [0, 0.05) is 38.9 Å². The molecule has 0 saturated heterocycles. The number of guanidine groups is 1. The molecular formula is C16H25F3N4. The lowest BCUT2D eigenvalue weighted by atomic mass is 10.2. The van der Waals surface area contributed by atoms with Gasteiger partial charge in [-0.2, -0.15) is 13.2 Å². The topological polar surface area (TPSA) is 39.7 Å². The summed E-state index contributed by atoms with van der Waals surface area (Å²) in [5.41, 5.74) is 2.36. The Morgan fingerprint density at radius 3 is 2.39 bits per heavy atom. The van der Waals surface area contributed by atoms with Crippen molar-refractivity contribution in [3.8, 4) is 0 Å². The molecule has 0 aliphatic rings. The van der Waals surface area contributed by atoms with Crippen molar-refractivity contribution >= 4 is 11.6 Å². The van der Waals surface area contributed by atoms with Crippen molar-refractivity contribution in [1.82, 2.24) is 10.6 Å². The van der Waals surface area contributed by atoms with Crippen molar-refractivity contribution in [3.63, 3.8) is 0 Å². The minimum absolute atomic E-state index is 0.182. The first-order valence-corrected chi connectivity index (χ1v) is 7.69. The fraction of sp³-hybridized carbons (Fsp3) is 0.562. The zero-order valence-corrected chi connectivity index (χ0v) is 13.9. The van der Waals surface area contributed by atoms with E-state index in [9.17, 15) is 13.2 Å². The van der Waals surface area contributed by atoms with Crippen LogP contribution in [0.5, 0.6) is 0 Å². The van der Waals surface area contributed by atoms with Crippen LogP contribution in [0.15, 0.2) is 29.3 Å². The first kappa shape index (κ1) is 19.1. The number of para-hydroxylation sites is 1. The summed E-state index contributed by atoms with van der Waals surface area (Å²) < 4.78 is 36.4. The van der Waals surface area contributed by atoms with Crippen molar-refractivity contribution in [3.05, 3.63) is 29.8 Å². The second kappa shape index (κ2) is 9.27. The first-order chi connectivity index (χ1) is 10.9. The average Bonchev–Trinajstić information content (AvgIpc) is 2.49. The molecule has 0 radical (unpaired) electrons. The van der Waals surface area contributed by atoms with Crippen LogP contribution in [0, 0.1) is 6.92 Å². The summed E-state index contributed by atoms with van der Waals surface area (Å²) in [6, 6.07) is 8.12. The van der Waals surface area contributed by atoms with E-state index in [2.05, 4.69) is 46.5 Å². The normalized spacial score (nSPS) is 12.2. The zero-order valence-electron chi connectivity index (χ0n) is 13.9. The van der Waals surface area contributed by atoms with E-state index in [0.29, 0.717) is 12.5 Å².